The summed E-state index contributed by atoms with van der Waals surface area (Å²) in [4.78, 5) is 9.38. The lowest BCUT2D eigenvalue weighted by atomic mass is 10.3. The maximum Gasteiger partial charge on any atom is 0.217 e. The van der Waals surface area contributed by atoms with Crippen molar-refractivity contribution in [3.63, 3.8) is 0 Å². The number of benzene rings is 1. The molecule has 0 unspecified atom stereocenters. The number of aromatic nitrogens is 5. The maximum atomic E-state index is 5.11. The summed E-state index contributed by atoms with van der Waals surface area (Å²) in [6.45, 7) is 0. The Morgan fingerprint density at radius 2 is 2.10 bits per heavy atom. The van der Waals surface area contributed by atoms with Crippen molar-refractivity contribution in [1.29, 1.82) is 0 Å². The summed E-state index contributed by atoms with van der Waals surface area (Å²) < 4.78 is 8.31. The molecule has 0 aliphatic heterocycles. The van der Waals surface area contributed by atoms with Gasteiger partial charge in [-0.2, -0.15) is 4.98 Å². The smallest absolute Gasteiger partial charge is 0.217 e. The molecule has 0 spiro atoms. The van der Waals surface area contributed by atoms with Gasteiger partial charge in [-0.05, 0) is 23.9 Å². The molecule has 4 aromatic rings. The van der Waals surface area contributed by atoms with Gasteiger partial charge in [0.15, 0.2) is 5.16 Å². The van der Waals surface area contributed by atoms with Gasteiger partial charge in [0, 0.05) is 12.3 Å². The van der Waals surface area contributed by atoms with Gasteiger partial charge < -0.3 is 4.74 Å². The van der Waals surface area contributed by atoms with Crippen LogP contribution in [-0.4, -0.2) is 31.7 Å². The van der Waals surface area contributed by atoms with Gasteiger partial charge in [0.05, 0.1) is 17.3 Å². The van der Waals surface area contributed by atoms with E-state index in [9.17, 15) is 0 Å². The molecule has 0 bridgehead atoms. The normalized spacial score (nSPS) is 11.3. The topological polar surface area (TPSA) is 65.2 Å². The summed E-state index contributed by atoms with van der Waals surface area (Å²) in [6.07, 6.45) is 1.66. The molecule has 3 heterocycles. The van der Waals surface area contributed by atoms with Crippen molar-refractivity contribution in [3.05, 3.63) is 36.5 Å². The molecule has 0 aliphatic rings. The number of nitrogens with zero attached hydrogens (tertiary/aromatic N) is 5. The van der Waals surface area contributed by atoms with E-state index in [0.29, 0.717) is 11.0 Å². The summed E-state index contributed by atoms with van der Waals surface area (Å²) in [5.41, 5.74) is 1.09. The highest BCUT2D eigenvalue weighted by atomic mass is 32.2. The fourth-order valence-electron chi connectivity index (χ4n) is 1.99. The molecule has 4 rings (SSSR count). The average molecular weight is 315 g/mol. The van der Waals surface area contributed by atoms with Crippen LogP contribution in [0.15, 0.2) is 46.8 Å². The van der Waals surface area contributed by atoms with Gasteiger partial charge in [0.2, 0.25) is 16.0 Å². The van der Waals surface area contributed by atoms with Crippen LogP contribution in [0.2, 0.25) is 0 Å². The van der Waals surface area contributed by atoms with Crippen LogP contribution in [0.5, 0.6) is 5.88 Å². The van der Waals surface area contributed by atoms with Gasteiger partial charge in [-0.1, -0.05) is 23.5 Å². The predicted molar refractivity (Wildman–Crippen MR) is 81.1 cm³/mol. The Kier molecular flexibility index (Phi) is 2.97. The molecule has 1 aromatic carbocycles. The molecule has 8 heteroatoms. The third-order valence-corrected chi connectivity index (χ3v) is 4.75. The second-order valence-electron chi connectivity index (χ2n) is 4.15. The van der Waals surface area contributed by atoms with Gasteiger partial charge in [0.25, 0.3) is 0 Å². The van der Waals surface area contributed by atoms with Crippen molar-refractivity contribution >= 4 is 38.3 Å². The van der Waals surface area contributed by atoms with Gasteiger partial charge in [-0.3, -0.25) is 4.40 Å². The van der Waals surface area contributed by atoms with Crippen LogP contribution in [0.4, 0.5) is 0 Å². The summed E-state index contributed by atoms with van der Waals surface area (Å²) in [6, 6.07) is 9.86. The number of ether oxygens (including phenoxy) is 1. The second kappa shape index (κ2) is 4.97. The molecule has 0 radical (unpaired) electrons. The van der Waals surface area contributed by atoms with Gasteiger partial charge in [-0.15, -0.1) is 10.2 Å². The third kappa shape index (κ3) is 2.12. The van der Waals surface area contributed by atoms with E-state index in [0.717, 1.165) is 15.6 Å². The number of thiazole rings is 1. The molecule has 0 aliphatic carbocycles. The monoisotopic (exact) mass is 315 g/mol. The Balaban J connectivity index is 1.82. The van der Waals surface area contributed by atoms with E-state index in [2.05, 4.69) is 32.3 Å². The zero-order valence-electron chi connectivity index (χ0n) is 10.9. The third-order valence-electron chi connectivity index (χ3n) is 2.91. The fraction of sp³-hybridized carbons (Fsp3) is 0.0769. The summed E-state index contributed by atoms with van der Waals surface area (Å²) in [5.74, 6) is 0.531. The Labute approximate surface area is 127 Å². The maximum absolute atomic E-state index is 5.11. The predicted octanol–water partition coefficient (Wildman–Crippen LogP) is 2.89. The Hall–Kier alpha value is -2.19. The highest BCUT2D eigenvalue weighted by Gasteiger charge is 2.14. The highest BCUT2D eigenvalue weighted by molar-refractivity contribution is 7.99. The number of hydrogen-bond donors (Lipinski definition) is 0. The Bertz CT molecular complexity index is 933. The molecule has 0 saturated carbocycles. The van der Waals surface area contributed by atoms with E-state index < -0.39 is 0 Å². The number of para-hydroxylation sites is 1. The molecule has 0 fully saturated rings. The first-order valence-corrected chi connectivity index (χ1v) is 7.76. The molecule has 0 N–H and O–H groups in total. The quantitative estimate of drug-likeness (QED) is 0.542. The minimum atomic E-state index is 0.531. The zero-order chi connectivity index (χ0) is 14.2. The molecule has 21 heavy (non-hydrogen) atoms. The van der Waals surface area contributed by atoms with E-state index in [4.69, 9.17) is 4.74 Å². The van der Waals surface area contributed by atoms with E-state index in [1.54, 1.807) is 30.7 Å². The largest absolute Gasteiger partial charge is 0.481 e. The highest BCUT2D eigenvalue weighted by Crippen LogP contribution is 2.31. The molecular weight excluding hydrogens is 306 g/mol. The lowest BCUT2D eigenvalue weighted by Gasteiger charge is -2.00. The number of hydrogen-bond acceptors (Lipinski definition) is 7. The van der Waals surface area contributed by atoms with Crippen molar-refractivity contribution in [2.45, 2.75) is 10.3 Å². The van der Waals surface area contributed by atoms with Crippen LogP contribution < -0.4 is 4.74 Å². The van der Waals surface area contributed by atoms with Crippen LogP contribution in [-0.2, 0) is 0 Å². The number of rotatable bonds is 3. The van der Waals surface area contributed by atoms with Crippen molar-refractivity contribution < 1.29 is 4.74 Å². The average Bonchev–Trinajstić information content (AvgIpc) is 3.07. The van der Waals surface area contributed by atoms with E-state index in [1.165, 1.54) is 16.5 Å². The summed E-state index contributed by atoms with van der Waals surface area (Å²) >= 11 is 2.98. The molecular formula is C13H9N5OS2. The number of fused-ring (bicyclic) bond motifs is 3. The first kappa shape index (κ1) is 12.5. The minimum Gasteiger partial charge on any atom is -0.481 e. The molecule has 0 atom stereocenters. The molecule has 0 saturated heterocycles. The van der Waals surface area contributed by atoms with Crippen LogP contribution in [0.25, 0.3) is 15.2 Å². The molecule has 0 amide bonds. The molecule has 104 valence electrons. The Morgan fingerprint density at radius 3 is 3.00 bits per heavy atom. The molecule has 3 aromatic heterocycles. The van der Waals surface area contributed by atoms with Crippen LogP contribution >= 0.6 is 23.1 Å². The molecule has 6 nitrogen and oxygen atoms in total. The van der Waals surface area contributed by atoms with E-state index in [-0.39, 0.29) is 0 Å². The second-order valence-corrected chi connectivity index (χ2v) is 6.10. The van der Waals surface area contributed by atoms with Gasteiger partial charge in [-0.25, -0.2) is 4.98 Å². The minimum absolute atomic E-state index is 0.531. The van der Waals surface area contributed by atoms with Gasteiger partial charge in [0.1, 0.15) is 0 Å². The van der Waals surface area contributed by atoms with E-state index >= 15 is 0 Å². The van der Waals surface area contributed by atoms with Crippen molar-refractivity contribution in [2.75, 3.05) is 7.11 Å². The summed E-state index contributed by atoms with van der Waals surface area (Å²) in [7, 11) is 1.58. The number of methoxy groups -OCH3 is 1. The SMILES string of the molecule is COc1ccnc(Sc2nnc3sc4ccccc4n23)n1. The van der Waals surface area contributed by atoms with Crippen molar-refractivity contribution in [3.8, 4) is 5.88 Å². The van der Waals surface area contributed by atoms with Crippen molar-refractivity contribution in [2.24, 2.45) is 0 Å². The lowest BCUT2D eigenvalue weighted by molar-refractivity contribution is 0.392. The van der Waals surface area contributed by atoms with Crippen LogP contribution in [0, 0.1) is 0 Å². The van der Waals surface area contributed by atoms with Crippen molar-refractivity contribution in [1.82, 2.24) is 24.6 Å². The Morgan fingerprint density at radius 1 is 1.19 bits per heavy atom. The standard InChI is InChI=1S/C13H9N5OS2/c1-19-10-6-7-14-11(15-10)21-13-17-16-12-18(13)8-4-2-3-5-9(8)20-12/h2-7H,1H3. The lowest BCUT2D eigenvalue weighted by Crippen LogP contribution is -1.92. The fourth-order valence-corrected chi connectivity index (χ4v) is 3.78. The zero-order valence-corrected chi connectivity index (χ0v) is 12.6. The van der Waals surface area contributed by atoms with Gasteiger partial charge >= 0.3 is 0 Å². The van der Waals surface area contributed by atoms with Crippen LogP contribution in [0.3, 0.4) is 0 Å². The summed E-state index contributed by atoms with van der Waals surface area (Å²) in [5, 5.41) is 9.77. The first-order chi connectivity index (χ1) is 10.3. The van der Waals surface area contributed by atoms with Crippen LogP contribution in [0.1, 0.15) is 0 Å². The van der Waals surface area contributed by atoms with E-state index in [1.807, 2.05) is 16.5 Å². The first-order valence-electron chi connectivity index (χ1n) is 6.13.